The zero-order chi connectivity index (χ0) is 21.3. The first-order valence-electron chi connectivity index (χ1n) is 9.54. The van der Waals surface area contributed by atoms with Crippen molar-refractivity contribution in [2.24, 2.45) is 4.99 Å². The molecule has 0 bridgehead atoms. The molecule has 0 spiro atoms. The molecule has 2 aliphatic rings. The van der Waals surface area contributed by atoms with Gasteiger partial charge in [-0.3, -0.25) is 4.90 Å². The number of aromatic nitrogens is 1. The quantitative estimate of drug-likeness (QED) is 0.709. The summed E-state index contributed by atoms with van der Waals surface area (Å²) in [6.45, 7) is 3.89. The molecule has 30 heavy (non-hydrogen) atoms. The van der Waals surface area contributed by atoms with Crippen LogP contribution in [0.3, 0.4) is 0 Å². The summed E-state index contributed by atoms with van der Waals surface area (Å²) in [4.78, 5) is 24.3. The lowest BCUT2D eigenvalue weighted by molar-refractivity contribution is -0.137. The highest BCUT2D eigenvalue weighted by molar-refractivity contribution is 7.11. The third-order valence-corrected chi connectivity index (χ3v) is 6.24. The molecule has 7 nitrogen and oxygen atoms in total. The lowest BCUT2D eigenvalue weighted by Gasteiger charge is -2.41. The molecule has 2 aromatic rings. The number of esters is 1. The van der Waals surface area contributed by atoms with Gasteiger partial charge in [0.15, 0.2) is 10.8 Å². The molecule has 158 valence electrons. The summed E-state index contributed by atoms with van der Waals surface area (Å²) in [6, 6.07) is 6.03. The van der Waals surface area contributed by atoms with Crippen LogP contribution < -0.4 is 5.32 Å². The second kappa shape index (κ2) is 8.25. The van der Waals surface area contributed by atoms with Crippen molar-refractivity contribution in [2.45, 2.75) is 18.6 Å². The van der Waals surface area contributed by atoms with Crippen LogP contribution in [0.25, 0.3) is 0 Å². The fourth-order valence-electron chi connectivity index (χ4n) is 3.80. The Morgan fingerprint density at radius 2 is 2.07 bits per heavy atom. The van der Waals surface area contributed by atoms with Gasteiger partial charge >= 0.3 is 5.97 Å². The number of carbonyl (C=O) groups excluding carboxylic acids is 1. The molecule has 1 saturated heterocycles. The number of methoxy groups -OCH3 is 2. The van der Waals surface area contributed by atoms with Crippen LogP contribution in [0.4, 0.5) is 4.39 Å². The molecule has 1 N–H and O–H groups in total. The lowest BCUT2D eigenvalue weighted by Crippen LogP contribution is -2.54. The van der Waals surface area contributed by atoms with Crippen LogP contribution in [-0.2, 0) is 19.8 Å². The van der Waals surface area contributed by atoms with Gasteiger partial charge in [0.05, 0.1) is 18.8 Å². The number of amidine groups is 1. The summed E-state index contributed by atoms with van der Waals surface area (Å²) in [5.41, 5.74) is 0.727. The van der Waals surface area contributed by atoms with Crippen molar-refractivity contribution in [3.05, 3.63) is 63.5 Å². The molecule has 4 rings (SSSR count). The summed E-state index contributed by atoms with van der Waals surface area (Å²) in [5.74, 6) is -0.256. The zero-order valence-corrected chi connectivity index (χ0v) is 17.8. The molecule has 0 amide bonds. The first-order chi connectivity index (χ1) is 14.4. The van der Waals surface area contributed by atoms with E-state index < -0.39 is 11.5 Å². The van der Waals surface area contributed by atoms with Gasteiger partial charge in [-0.2, -0.15) is 0 Å². The van der Waals surface area contributed by atoms with E-state index in [9.17, 15) is 9.18 Å². The number of carbonyl (C=O) groups is 1. The fraction of sp³-hybridized carbons (Fsp3) is 0.381. The van der Waals surface area contributed by atoms with Gasteiger partial charge in [-0.15, -0.1) is 11.3 Å². The minimum absolute atomic E-state index is 0.186. The maximum Gasteiger partial charge on any atom is 0.338 e. The van der Waals surface area contributed by atoms with Crippen LogP contribution in [0, 0.1) is 5.82 Å². The van der Waals surface area contributed by atoms with Gasteiger partial charge < -0.3 is 14.8 Å². The first kappa shape index (κ1) is 20.6. The molecule has 0 aliphatic carbocycles. The van der Waals surface area contributed by atoms with E-state index in [1.165, 1.54) is 30.6 Å². The van der Waals surface area contributed by atoms with E-state index in [2.05, 4.69) is 15.2 Å². The molecular formula is C21H23FN4O3S. The summed E-state index contributed by atoms with van der Waals surface area (Å²) in [7, 11) is 3.04. The number of ether oxygens (including phenoxy) is 2. The van der Waals surface area contributed by atoms with Gasteiger partial charge in [-0.1, -0.05) is 12.1 Å². The number of likely N-dealkylation sites (tertiary alicyclic amines) is 1. The van der Waals surface area contributed by atoms with Crippen molar-refractivity contribution < 1.29 is 18.7 Å². The highest BCUT2D eigenvalue weighted by Gasteiger charge is 2.43. The Labute approximate surface area is 178 Å². The Morgan fingerprint density at radius 1 is 1.33 bits per heavy atom. The van der Waals surface area contributed by atoms with E-state index in [4.69, 9.17) is 14.5 Å². The molecular weight excluding hydrogens is 407 g/mol. The average Bonchev–Trinajstić information content (AvgIpc) is 3.25. The van der Waals surface area contributed by atoms with Crippen molar-refractivity contribution in [3.8, 4) is 0 Å². The summed E-state index contributed by atoms with van der Waals surface area (Å²) < 4.78 is 24.1. The SMILES string of the molecule is COC(=O)C1=C(CN2CC(OC)C2)NC(c2nccs2)=NC1(C)c1ccc(F)cc1. The minimum Gasteiger partial charge on any atom is -0.466 e. The Hall–Kier alpha value is -2.62. The highest BCUT2D eigenvalue weighted by atomic mass is 32.1. The van der Waals surface area contributed by atoms with Gasteiger partial charge in [-0.05, 0) is 24.6 Å². The Bertz CT molecular complexity index is 984. The summed E-state index contributed by atoms with van der Waals surface area (Å²) in [5, 5.41) is 5.89. The van der Waals surface area contributed by atoms with Crippen molar-refractivity contribution in [1.82, 2.24) is 15.2 Å². The second-order valence-electron chi connectivity index (χ2n) is 7.40. The number of rotatable bonds is 6. The number of hydrogen-bond acceptors (Lipinski definition) is 8. The Kier molecular flexibility index (Phi) is 5.68. The van der Waals surface area contributed by atoms with Crippen molar-refractivity contribution >= 4 is 23.1 Å². The average molecular weight is 431 g/mol. The predicted octanol–water partition coefficient (Wildman–Crippen LogP) is 2.31. The first-order valence-corrected chi connectivity index (χ1v) is 10.4. The van der Waals surface area contributed by atoms with E-state index in [1.54, 1.807) is 25.4 Å². The number of nitrogens with zero attached hydrogens (tertiary/aromatic N) is 3. The van der Waals surface area contributed by atoms with Crippen LogP contribution in [0.2, 0.25) is 0 Å². The van der Waals surface area contributed by atoms with Gasteiger partial charge in [0.25, 0.3) is 0 Å². The Balaban J connectivity index is 1.81. The molecule has 1 atom stereocenters. The second-order valence-corrected chi connectivity index (χ2v) is 8.29. The van der Waals surface area contributed by atoms with E-state index in [-0.39, 0.29) is 11.9 Å². The van der Waals surface area contributed by atoms with E-state index in [1.807, 2.05) is 12.3 Å². The largest absolute Gasteiger partial charge is 0.466 e. The molecule has 0 saturated carbocycles. The van der Waals surface area contributed by atoms with Crippen molar-refractivity contribution in [3.63, 3.8) is 0 Å². The maximum atomic E-state index is 13.6. The van der Waals surface area contributed by atoms with Crippen molar-refractivity contribution in [2.75, 3.05) is 33.9 Å². The summed E-state index contributed by atoms with van der Waals surface area (Å²) >= 11 is 1.45. The van der Waals surface area contributed by atoms with E-state index in [0.29, 0.717) is 34.2 Å². The van der Waals surface area contributed by atoms with Gasteiger partial charge in [0.1, 0.15) is 11.4 Å². The maximum absolute atomic E-state index is 13.6. The van der Waals surface area contributed by atoms with Crippen molar-refractivity contribution in [1.29, 1.82) is 0 Å². The third kappa shape index (κ3) is 3.76. The molecule has 1 aromatic carbocycles. The fourth-order valence-corrected chi connectivity index (χ4v) is 4.38. The molecule has 3 heterocycles. The monoisotopic (exact) mass is 430 g/mol. The van der Waals surface area contributed by atoms with Crippen LogP contribution in [0.1, 0.15) is 17.5 Å². The summed E-state index contributed by atoms with van der Waals surface area (Å²) in [6.07, 6.45) is 1.89. The molecule has 1 unspecified atom stereocenters. The van der Waals surface area contributed by atoms with Crippen LogP contribution in [0.5, 0.6) is 0 Å². The van der Waals surface area contributed by atoms with Crippen LogP contribution >= 0.6 is 11.3 Å². The van der Waals surface area contributed by atoms with Crippen LogP contribution in [0.15, 0.2) is 52.1 Å². The topological polar surface area (TPSA) is 76.0 Å². The molecule has 1 aromatic heterocycles. The highest BCUT2D eigenvalue weighted by Crippen LogP contribution is 2.39. The molecule has 2 aliphatic heterocycles. The van der Waals surface area contributed by atoms with E-state index >= 15 is 0 Å². The van der Waals surface area contributed by atoms with Gasteiger partial charge in [-0.25, -0.2) is 19.2 Å². The number of nitrogens with one attached hydrogen (secondary N) is 1. The Morgan fingerprint density at radius 3 is 2.67 bits per heavy atom. The predicted molar refractivity (Wildman–Crippen MR) is 112 cm³/mol. The minimum atomic E-state index is -1.06. The molecule has 1 fully saturated rings. The number of hydrogen-bond donors (Lipinski definition) is 1. The standard InChI is InChI=1S/C21H23FN4O3S/c1-21(13-4-6-14(22)7-5-13)17(20(27)29-3)16(12-26-10-15(11-26)28-2)24-18(25-21)19-23-8-9-30-19/h4-9,15H,10-12H2,1-3H3,(H,24,25). The number of benzene rings is 1. The number of thiazole rings is 1. The van der Waals surface area contributed by atoms with E-state index in [0.717, 1.165) is 13.1 Å². The normalized spacial score (nSPS) is 22.3. The number of aliphatic imine (C=N–C) groups is 1. The zero-order valence-electron chi connectivity index (χ0n) is 17.0. The smallest absolute Gasteiger partial charge is 0.338 e. The lowest BCUT2D eigenvalue weighted by atomic mass is 9.82. The van der Waals surface area contributed by atoms with Gasteiger partial charge in [0.2, 0.25) is 0 Å². The number of halogens is 1. The third-order valence-electron chi connectivity index (χ3n) is 5.46. The van der Waals surface area contributed by atoms with Crippen LogP contribution in [-0.4, -0.2) is 61.6 Å². The van der Waals surface area contributed by atoms with Gasteiger partial charge in [0, 0.05) is 44.0 Å². The molecule has 0 radical (unpaired) electrons. The molecule has 9 heteroatoms.